The Bertz CT molecular complexity index is 1430. The zero-order valence-electron chi connectivity index (χ0n) is 19.7. The Balaban J connectivity index is 2.02. The van der Waals surface area contributed by atoms with Crippen LogP contribution in [0.25, 0.3) is 6.08 Å². The van der Waals surface area contributed by atoms with E-state index >= 15 is 0 Å². The molecule has 1 aliphatic rings. The number of rotatable bonds is 6. The van der Waals surface area contributed by atoms with Gasteiger partial charge in [-0.15, -0.1) is 0 Å². The molecule has 7 nitrogen and oxygen atoms in total. The second-order valence-electron chi connectivity index (χ2n) is 8.05. The molecule has 0 bridgehead atoms. The molecule has 0 radical (unpaired) electrons. The van der Waals surface area contributed by atoms with Crippen molar-refractivity contribution in [2.45, 2.75) is 32.9 Å². The van der Waals surface area contributed by atoms with Crippen LogP contribution in [0.1, 0.15) is 37.9 Å². The molecule has 2 heterocycles. The molecule has 176 valence electrons. The van der Waals surface area contributed by atoms with E-state index in [1.165, 1.54) is 11.3 Å². The Morgan fingerprint density at radius 1 is 1.12 bits per heavy atom. The van der Waals surface area contributed by atoms with Crippen molar-refractivity contribution in [2.24, 2.45) is 4.99 Å². The molecule has 0 aliphatic carbocycles. The zero-order chi connectivity index (χ0) is 24.4. The van der Waals surface area contributed by atoms with E-state index < -0.39 is 12.0 Å². The molecule has 3 aromatic rings. The highest BCUT2D eigenvalue weighted by Crippen LogP contribution is 2.37. The third-order valence-corrected chi connectivity index (χ3v) is 6.40. The third kappa shape index (κ3) is 4.41. The van der Waals surface area contributed by atoms with Gasteiger partial charge in [-0.05, 0) is 50.6 Å². The number of benzene rings is 2. The lowest BCUT2D eigenvalue weighted by atomic mass is 9.94. The molecule has 0 saturated heterocycles. The maximum Gasteiger partial charge on any atom is 0.338 e. The molecular weight excluding hydrogens is 452 g/mol. The number of nitrogens with zero attached hydrogens (tertiary/aromatic N) is 2. The lowest BCUT2D eigenvalue weighted by Gasteiger charge is -2.26. The second-order valence-corrected chi connectivity index (χ2v) is 9.06. The number of carbonyl (C=O) groups excluding carboxylic acids is 1. The van der Waals surface area contributed by atoms with Crippen molar-refractivity contribution in [1.82, 2.24) is 4.57 Å². The van der Waals surface area contributed by atoms with Gasteiger partial charge < -0.3 is 14.2 Å². The molecule has 4 rings (SSSR count). The summed E-state index contributed by atoms with van der Waals surface area (Å²) >= 11 is 1.28. The smallest absolute Gasteiger partial charge is 0.338 e. The summed E-state index contributed by atoms with van der Waals surface area (Å²) in [6, 6.07) is 14.1. The monoisotopic (exact) mass is 478 g/mol. The van der Waals surface area contributed by atoms with Gasteiger partial charge in [-0.1, -0.05) is 41.7 Å². The van der Waals surface area contributed by atoms with Gasteiger partial charge in [-0.2, -0.15) is 0 Å². The standard InChI is InChI=1S/C26H26N2O5S/c1-15(2)33-25(30)22-16(3)27-26-28(23(22)19-14-18(31-4)11-12-20(19)32-5)24(29)21(34-26)13-17-9-7-6-8-10-17/h6-15,23H,1-5H3/t23-/m1/s1. The van der Waals surface area contributed by atoms with Gasteiger partial charge in [0.1, 0.15) is 17.5 Å². The Morgan fingerprint density at radius 3 is 2.50 bits per heavy atom. The van der Waals surface area contributed by atoms with E-state index in [0.29, 0.717) is 37.7 Å². The van der Waals surface area contributed by atoms with Crippen LogP contribution < -0.4 is 24.4 Å². The van der Waals surface area contributed by atoms with Gasteiger partial charge in [0.25, 0.3) is 5.56 Å². The second kappa shape index (κ2) is 9.69. The first-order valence-corrected chi connectivity index (χ1v) is 11.7. The van der Waals surface area contributed by atoms with Crippen LogP contribution in [0.2, 0.25) is 0 Å². The van der Waals surface area contributed by atoms with Crippen molar-refractivity contribution in [1.29, 1.82) is 0 Å². The van der Waals surface area contributed by atoms with Crippen LogP contribution in [0.3, 0.4) is 0 Å². The third-order valence-electron chi connectivity index (χ3n) is 5.41. The largest absolute Gasteiger partial charge is 0.497 e. The zero-order valence-corrected chi connectivity index (χ0v) is 20.5. The lowest BCUT2D eigenvalue weighted by molar-refractivity contribution is -0.143. The summed E-state index contributed by atoms with van der Waals surface area (Å²) in [6.07, 6.45) is 1.50. The summed E-state index contributed by atoms with van der Waals surface area (Å²) in [7, 11) is 3.11. The molecule has 8 heteroatoms. The van der Waals surface area contributed by atoms with Gasteiger partial charge in [-0.25, -0.2) is 9.79 Å². The number of aromatic nitrogens is 1. The summed E-state index contributed by atoms with van der Waals surface area (Å²) in [6.45, 7) is 5.32. The number of allylic oxidation sites excluding steroid dienone is 1. The predicted octanol–water partition coefficient (Wildman–Crippen LogP) is 3.20. The van der Waals surface area contributed by atoms with Gasteiger partial charge in [0.2, 0.25) is 0 Å². The van der Waals surface area contributed by atoms with E-state index in [2.05, 4.69) is 4.99 Å². The van der Waals surface area contributed by atoms with E-state index in [0.717, 1.165) is 5.56 Å². The highest BCUT2D eigenvalue weighted by molar-refractivity contribution is 7.07. The van der Waals surface area contributed by atoms with Crippen LogP contribution in [-0.2, 0) is 9.53 Å². The maximum absolute atomic E-state index is 13.7. The van der Waals surface area contributed by atoms with Gasteiger partial charge >= 0.3 is 5.97 Å². The summed E-state index contributed by atoms with van der Waals surface area (Å²) in [5.41, 5.74) is 2.05. The Labute approximate surface area is 201 Å². The number of hydrogen-bond acceptors (Lipinski definition) is 7. The molecule has 2 aromatic carbocycles. The molecule has 0 saturated carbocycles. The average molecular weight is 479 g/mol. The van der Waals surface area contributed by atoms with E-state index in [1.807, 2.05) is 36.4 Å². The first-order chi connectivity index (χ1) is 16.3. The maximum atomic E-state index is 13.7. The Hall–Kier alpha value is -3.65. The fourth-order valence-corrected chi connectivity index (χ4v) is 4.95. The van der Waals surface area contributed by atoms with E-state index in [-0.39, 0.29) is 11.7 Å². The molecule has 1 aromatic heterocycles. The summed E-state index contributed by atoms with van der Waals surface area (Å²) in [4.78, 5) is 32.1. The highest BCUT2D eigenvalue weighted by atomic mass is 32.1. The van der Waals surface area contributed by atoms with Crippen LogP contribution >= 0.6 is 11.3 Å². The Kier molecular flexibility index (Phi) is 6.70. The molecule has 1 atom stereocenters. The van der Waals surface area contributed by atoms with Crippen molar-refractivity contribution in [2.75, 3.05) is 14.2 Å². The topological polar surface area (TPSA) is 79.1 Å². The van der Waals surface area contributed by atoms with Gasteiger partial charge in [0.05, 0.1) is 36.1 Å². The van der Waals surface area contributed by atoms with Crippen LogP contribution in [0, 0.1) is 0 Å². The predicted molar refractivity (Wildman–Crippen MR) is 131 cm³/mol. The van der Waals surface area contributed by atoms with Crippen molar-refractivity contribution >= 4 is 23.4 Å². The number of fused-ring (bicyclic) bond motifs is 1. The number of methoxy groups -OCH3 is 2. The van der Waals surface area contributed by atoms with E-state index in [9.17, 15) is 9.59 Å². The molecule has 0 unspecified atom stereocenters. The number of ether oxygens (including phenoxy) is 3. The fourth-order valence-electron chi connectivity index (χ4n) is 3.91. The number of carbonyl (C=O) groups is 1. The minimum Gasteiger partial charge on any atom is -0.497 e. The number of hydrogen-bond donors (Lipinski definition) is 0. The summed E-state index contributed by atoms with van der Waals surface area (Å²) < 4.78 is 18.7. The molecule has 0 fully saturated rings. The normalized spacial score (nSPS) is 15.7. The first kappa shape index (κ1) is 23.5. The lowest BCUT2D eigenvalue weighted by Crippen LogP contribution is -2.40. The minimum atomic E-state index is -0.787. The SMILES string of the molecule is COc1ccc(OC)c([C@@H]2C(C(=O)OC(C)C)=C(C)N=c3sc(=Cc4ccccc4)c(=O)n32)c1. The molecule has 0 spiro atoms. The van der Waals surface area contributed by atoms with E-state index in [1.54, 1.807) is 57.8 Å². The van der Waals surface area contributed by atoms with Gasteiger partial charge in [0.15, 0.2) is 4.80 Å². The number of thiazole rings is 1. The van der Waals surface area contributed by atoms with Crippen LogP contribution in [0.15, 0.2) is 69.6 Å². The molecule has 0 amide bonds. The first-order valence-electron chi connectivity index (χ1n) is 10.8. The van der Waals surface area contributed by atoms with Crippen molar-refractivity contribution in [3.63, 3.8) is 0 Å². The fraction of sp³-hybridized carbons (Fsp3) is 0.269. The molecule has 0 N–H and O–H groups in total. The summed E-state index contributed by atoms with van der Waals surface area (Å²) in [5.74, 6) is 0.574. The molecular formula is C26H26N2O5S. The average Bonchev–Trinajstić information content (AvgIpc) is 3.12. The number of esters is 1. The van der Waals surface area contributed by atoms with Gasteiger partial charge in [-0.3, -0.25) is 9.36 Å². The molecule has 34 heavy (non-hydrogen) atoms. The highest BCUT2D eigenvalue weighted by Gasteiger charge is 2.35. The Morgan fingerprint density at radius 2 is 1.85 bits per heavy atom. The van der Waals surface area contributed by atoms with Crippen molar-refractivity contribution in [3.8, 4) is 11.5 Å². The summed E-state index contributed by atoms with van der Waals surface area (Å²) in [5, 5.41) is 0. The van der Waals surface area contributed by atoms with Crippen molar-refractivity contribution < 1.29 is 19.0 Å². The van der Waals surface area contributed by atoms with Crippen LogP contribution in [0.4, 0.5) is 0 Å². The van der Waals surface area contributed by atoms with Crippen LogP contribution in [0.5, 0.6) is 11.5 Å². The minimum absolute atomic E-state index is 0.246. The quantitative estimate of drug-likeness (QED) is 0.509. The van der Waals surface area contributed by atoms with E-state index in [4.69, 9.17) is 14.2 Å². The molecule has 1 aliphatic heterocycles. The van der Waals surface area contributed by atoms with Gasteiger partial charge in [0, 0.05) is 5.56 Å². The van der Waals surface area contributed by atoms with Crippen LogP contribution in [-0.4, -0.2) is 30.9 Å². The van der Waals surface area contributed by atoms with Crippen molar-refractivity contribution in [3.05, 3.63) is 90.6 Å².